The molecule has 2 fully saturated rings. The van der Waals surface area contributed by atoms with Crippen LogP contribution in [0.2, 0.25) is 0 Å². The van der Waals surface area contributed by atoms with E-state index in [9.17, 15) is 9.90 Å². The summed E-state index contributed by atoms with van der Waals surface area (Å²) in [7, 11) is 6.04. The lowest BCUT2D eigenvalue weighted by Crippen LogP contribution is -2.49. The third-order valence-electron chi connectivity index (χ3n) is 5.16. The van der Waals surface area contributed by atoms with Crippen molar-refractivity contribution in [1.82, 2.24) is 15.1 Å². The molecule has 1 aliphatic carbocycles. The number of carboxylic acids is 1. The van der Waals surface area contributed by atoms with Crippen molar-refractivity contribution >= 4 is 5.97 Å². The molecule has 2 N–H and O–H groups in total. The summed E-state index contributed by atoms with van der Waals surface area (Å²) in [5.41, 5.74) is -0.704. The molecule has 4 atom stereocenters. The van der Waals surface area contributed by atoms with Gasteiger partial charge >= 0.3 is 5.97 Å². The highest BCUT2D eigenvalue weighted by Gasteiger charge is 2.47. The van der Waals surface area contributed by atoms with Crippen molar-refractivity contribution in [3.8, 4) is 0 Å². The average molecular weight is 269 g/mol. The minimum atomic E-state index is -0.704. The van der Waals surface area contributed by atoms with E-state index in [2.05, 4.69) is 36.1 Å². The Kier molecular flexibility index (Phi) is 4.18. The predicted molar refractivity (Wildman–Crippen MR) is 75.3 cm³/mol. The molecule has 1 saturated heterocycles. The molecule has 0 aromatic rings. The van der Waals surface area contributed by atoms with E-state index in [1.54, 1.807) is 7.05 Å². The van der Waals surface area contributed by atoms with Crippen molar-refractivity contribution in [2.24, 2.45) is 5.92 Å². The number of likely N-dealkylation sites (tertiary alicyclic amines) is 1. The Bertz CT molecular complexity index is 348. The Morgan fingerprint density at radius 1 is 1.42 bits per heavy atom. The fourth-order valence-corrected chi connectivity index (χ4v) is 3.82. The second kappa shape index (κ2) is 5.38. The Morgan fingerprint density at radius 2 is 2.11 bits per heavy atom. The largest absolute Gasteiger partial charge is 0.480 e. The number of rotatable bonds is 4. The number of nitrogens with one attached hydrogen (secondary N) is 1. The molecule has 0 aromatic heterocycles. The maximum atomic E-state index is 11.5. The Balaban J connectivity index is 2.01. The lowest BCUT2D eigenvalue weighted by Gasteiger charge is -2.28. The Labute approximate surface area is 115 Å². The molecule has 0 aromatic carbocycles. The standard InChI is InChI=1S/C14H27N3O2/c1-10-8-17(9-12(10)16(3)4)11-5-6-14(7-11,15-2)13(18)19/h10-12,15H,5-9H2,1-4H3,(H,18,19). The molecule has 19 heavy (non-hydrogen) atoms. The number of carbonyl (C=O) groups is 1. The summed E-state index contributed by atoms with van der Waals surface area (Å²) >= 11 is 0. The van der Waals surface area contributed by atoms with Crippen LogP contribution in [0.1, 0.15) is 26.2 Å². The predicted octanol–water partition coefficient (Wildman–Crippen LogP) is 0.464. The topological polar surface area (TPSA) is 55.8 Å². The molecular weight excluding hydrogens is 242 g/mol. The summed E-state index contributed by atoms with van der Waals surface area (Å²) < 4.78 is 0. The highest BCUT2D eigenvalue weighted by atomic mass is 16.4. The summed E-state index contributed by atoms with van der Waals surface area (Å²) in [5, 5.41) is 12.5. The molecule has 5 nitrogen and oxygen atoms in total. The SMILES string of the molecule is CNC1(C(=O)O)CCC(N2CC(C)C(N(C)C)C2)C1. The van der Waals surface area contributed by atoms with Gasteiger partial charge in [0.2, 0.25) is 0 Å². The second-order valence-corrected chi connectivity index (χ2v) is 6.50. The molecule has 0 spiro atoms. The van der Waals surface area contributed by atoms with E-state index in [0.717, 1.165) is 32.4 Å². The molecule has 1 aliphatic heterocycles. The smallest absolute Gasteiger partial charge is 0.323 e. The van der Waals surface area contributed by atoms with Gasteiger partial charge in [0, 0.05) is 25.2 Å². The van der Waals surface area contributed by atoms with Crippen molar-refractivity contribution in [3.05, 3.63) is 0 Å². The fraction of sp³-hybridized carbons (Fsp3) is 0.929. The van der Waals surface area contributed by atoms with E-state index in [1.807, 2.05) is 0 Å². The van der Waals surface area contributed by atoms with Crippen molar-refractivity contribution in [1.29, 1.82) is 0 Å². The highest BCUT2D eigenvalue weighted by molar-refractivity contribution is 5.79. The first-order valence-corrected chi connectivity index (χ1v) is 7.22. The van der Waals surface area contributed by atoms with Crippen LogP contribution >= 0.6 is 0 Å². The van der Waals surface area contributed by atoms with Gasteiger partial charge in [0.25, 0.3) is 0 Å². The van der Waals surface area contributed by atoms with Crippen LogP contribution in [-0.4, -0.2) is 72.7 Å². The molecule has 0 bridgehead atoms. The van der Waals surface area contributed by atoms with Gasteiger partial charge in [0.15, 0.2) is 0 Å². The zero-order chi connectivity index (χ0) is 14.2. The van der Waals surface area contributed by atoms with E-state index in [-0.39, 0.29) is 0 Å². The molecule has 4 unspecified atom stereocenters. The van der Waals surface area contributed by atoms with Crippen LogP contribution in [0.3, 0.4) is 0 Å². The van der Waals surface area contributed by atoms with Crippen molar-refractivity contribution in [2.45, 2.75) is 43.8 Å². The van der Waals surface area contributed by atoms with E-state index in [1.165, 1.54) is 0 Å². The highest BCUT2D eigenvalue weighted by Crippen LogP contribution is 2.36. The van der Waals surface area contributed by atoms with Crippen LogP contribution in [0.4, 0.5) is 0 Å². The number of hydrogen-bond donors (Lipinski definition) is 2. The van der Waals surface area contributed by atoms with Gasteiger partial charge in [-0.25, -0.2) is 0 Å². The molecule has 110 valence electrons. The third-order valence-corrected chi connectivity index (χ3v) is 5.16. The normalized spacial score (nSPS) is 40.2. The lowest BCUT2D eigenvalue weighted by molar-refractivity contribution is -0.144. The van der Waals surface area contributed by atoms with Gasteiger partial charge in [-0.2, -0.15) is 0 Å². The number of likely N-dealkylation sites (N-methyl/N-ethyl adjacent to an activating group) is 2. The minimum absolute atomic E-state index is 0.413. The molecule has 1 saturated carbocycles. The molecule has 2 rings (SSSR count). The molecular formula is C14H27N3O2. The van der Waals surface area contributed by atoms with Crippen molar-refractivity contribution in [3.63, 3.8) is 0 Å². The lowest BCUT2D eigenvalue weighted by atomic mass is 9.98. The van der Waals surface area contributed by atoms with Crippen molar-refractivity contribution < 1.29 is 9.90 Å². The van der Waals surface area contributed by atoms with Crippen LogP contribution < -0.4 is 5.32 Å². The summed E-state index contributed by atoms with van der Waals surface area (Å²) in [6, 6.07) is 1.00. The first-order valence-electron chi connectivity index (χ1n) is 7.22. The van der Waals surface area contributed by atoms with Gasteiger partial charge in [-0.05, 0) is 46.3 Å². The van der Waals surface area contributed by atoms with Gasteiger partial charge in [0.05, 0.1) is 0 Å². The first kappa shape index (κ1) is 14.8. The quantitative estimate of drug-likeness (QED) is 0.777. The van der Waals surface area contributed by atoms with Crippen LogP contribution in [0.5, 0.6) is 0 Å². The van der Waals surface area contributed by atoms with Gasteiger partial charge in [-0.3, -0.25) is 9.69 Å². The zero-order valence-corrected chi connectivity index (χ0v) is 12.5. The van der Waals surface area contributed by atoms with Crippen LogP contribution in [0.25, 0.3) is 0 Å². The molecule has 1 heterocycles. The molecule has 5 heteroatoms. The second-order valence-electron chi connectivity index (χ2n) is 6.50. The molecule has 0 amide bonds. The summed E-state index contributed by atoms with van der Waals surface area (Å²) in [4.78, 5) is 16.3. The summed E-state index contributed by atoms with van der Waals surface area (Å²) in [6.45, 7) is 4.45. The van der Waals surface area contributed by atoms with E-state index >= 15 is 0 Å². The monoisotopic (exact) mass is 269 g/mol. The van der Waals surface area contributed by atoms with Gasteiger partial charge in [-0.15, -0.1) is 0 Å². The molecule has 0 radical (unpaired) electrons. The van der Waals surface area contributed by atoms with Gasteiger partial charge < -0.3 is 15.3 Å². The zero-order valence-electron chi connectivity index (χ0n) is 12.5. The maximum Gasteiger partial charge on any atom is 0.323 e. The maximum absolute atomic E-state index is 11.5. The van der Waals surface area contributed by atoms with Crippen LogP contribution in [0, 0.1) is 5.92 Å². The fourth-order valence-electron chi connectivity index (χ4n) is 3.82. The summed E-state index contributed by atoms with van der Waals surface area (Å²) in [6.07, 6.45) is 2.45. The Morgan fingerprint density at radius 3 is 2.53 bits per heavy atom. The average Bonchev–Trinajstić information content (AvgIpc) is 2.93. The van der Waals surface area contributed by atoms with E-state index in [4.69, 9.17) is 0 Å². The van der Waals surface area contributed by atoms with Crippen molar-refractivity contribution in [2.75, 3.05) is 34.2 Å². The van der Waals surface area contributed by atoms with Crippen LogP contribution in [-0.2, 0) is 4.79 Å². The Hall–Kier alpha value is -0.650. The van der Waals surface area contributed by atoms with E-state index < -0.39 is 11.5 Å². The molecule has 2 aliphatic rings. The van der Waals surface area contributed by atoms with Gasteiger partial charge in [0.1, 0.15) is 5.54 Å². The van der Waals surface area contributed by atoms with Gasteiger partial charge in [-0.1, -0.05) is 6.92 Å². The number of aliphatic carboxylic acids is 1. The van der Waals surface area contributed by atoms with E-state index in [0.29, 0.717) is 18.0 Å². The third kappa shape index (κ3) is 2.64. The first-order chi connectivity index (χ1) is 8.89. The van der Waals surface area contributed by atoms with Crippen LogP contribution in [0.15, 0.2) is 0 Å². The summed E-state index contributed by atoms with van der Waals surface area (Å²) in [5.74, 6) is -0.0432. The number of nitrogens with zero attached hydrogens (tertiary/aromatic N) is 2. The number of carboxylic acid groups (broad SMARTS) is 1. The number of hydrogen-bond acceptors (Lipinski definition) is 4. The minimum Gasteiger partial charge on any atom is -0.480 e.